The summed E-state index contributed by atoms with van der Waals surface area (Å²) in [7, 11) is 0. The van der Waals surface area contributed by atoms with Gasteiger partial charge in [-0.2, -0.15) is 0 Å². The first kappa shape index (κ1) is 13.1. The van der Waals surface area contributed by atoms with Crippen LogP contribution in [0.25, 0.3) is 0 Å². The van der Waals surface area contributed by atoms with E-state index in [2.05, 4.69) is 0 Å². The molecule has 2 N–H and O–H groups in total. The van der Waals surface area contributed by atoms with Crippen molar-refractivity contribution in [3.63, 3.8) is 0 Å². The van der Waals surface area contributed by atoms with E-state index >= 15 is 0 Å². The Morgan fingerprint density at radius 3 is 2.28 bits per heavy atom. The van der Waals surface area contributed by atoms with Gasteiger partial charge < -0.3 is 5.73 Å². The van der Waals surface area contributed by atoms with Gasteiger partial charge in [-0.25, -0.2) is 8.78 Å². The molecule has 2 aromatic carbocycles. The van der Waals surface area contributed by atoms with Crippen LogP contribution in [-0.4, -0.2) is 6.54 Å². The Bertz CT molecular complexity index is 513. The molecule has 0 amide bonds. The molecule has 0 aliphatic heterocycles. The Kier molecular flexibility index (Phi) is 4.33. The molecule has 94 valence electrons. The van der Waals surface area contributed by atoms with Gasteiger partial charge in [-0.1, -0.05) is 18.2 Å². The maximum atomic E-state index is 13.7. The minimum absolute atomic E-state index is 0.170. The highest BCUT2D eigenvalue weighted by atomic mass is 32.2. The largest absolute Gasteiger partial charge is 0.329 e. The zero-order chi connectivity index (χ0) is 13.0. The first-order valence-electron chi connectivity index (χ1n) is 5.57. The molecular formula is C14H13F2NS. The van der Waals surface area contributed by atoms with Gasteiger partial charge in [0.2, 0.25) is 0 Å². The molecule has 0 fully saturated rings. The summed E-state index contributed by atoms with van der Waals surface area (Å²) in [6.45, 7) is 0.322. The van der Waals surface area contributed by atoms with Crippen molar-refractivity contribution >= 4 is 11.8 Å². The Balaban J connectivity index is 2.20. The second-order valence-corrected chi connectivity index (χ2v) is 5.09. The van der Waals surface area contributed by atoms with E-state index in [1.807, 2.05) is 0 Å². The predicted molar refractivity (Wildman–Crippen MR) is 70.5 cm³/mol. The molecule has 1 unspecified atom stereocenters. The van der Waals surface area contributed by atoms with Crippen molar-refractivity contribution in [2.75, 3.05) is 6.54 Å². The van der Waals surface area contributed by atoms with Gasteiger partial charge in [0.05, 0.1) is 0 Å². The van der Waals surface area contributed by atoms with Crippen molar-refractivity contribution in [3.05, 3.63) is 65.7 Å². The van der Waals surface area contributed by atoms with E-state index in [1.165, 1.54) is 30.0 Å². The van der Waals surface area contributed by atoms with Crippen molar-refractivity contribution in [2.45, 2.75) is 10.1 Å². The van der Waals surface area contributed by atoms with E-state index in [4.69, 9.17) is 5.73 Å². The Morgan fingerprint density at radius 1 is 1.00 bits per heavy atom. The lowest BCUT2D eigenvalue weighted by molar-refractivity contribution is 0.608. The quantitative estimate of drug-likeness (QED) is 0.852. The molecule has 0 spiro atoms. The van der Waals surface area contributed by atoms with E-state index in [0.717, 1.165) is 4.90 Å². The van der Waals surface area contributed by atoms with Gasteiger partial charge in [0.1, 0.15) is 11.6 Å². The van der Waals surface area contributed by atoms with Gasteiger partial charge in [-0.05, 0) is 30.3 Å². The first-order valence-corrected chi connectivity index (χ1v) is 6.45. The number of nitrogens with two attached hydrogens (primary N) is 1. The molecule has 0 aromatic heterocycles. The third kappa shape index (κ3) is 3.09. The van der Waals surface area contributed by atoms with Gasteiger partial charge in [0.25, 0.3) is 0 Å². The Labute approximate surface area is 109 Å². The first-order chi connectivity index (χ1) is 8.70. The highest BCUT2D eigenvalue weighted by molar-refractivity contribution is 7.99. The van der Waals surface area contributed by atoms with Crippen LogP contribution in [0.5, 0.6) is 0 Å². The van der Waals surface area contributed by atoms with Gasteiger partial charge in [0, 0.05) is 22.3 Å². The molecule has 0 saturated heterocycles. The average molecular weight is 265 g/mol. The fourth-order valence-corrected chi connectivity index (χ4v) is 2.69. The van der Waals surface area contributed by atoms with Crippen LogP contribution in [0, 0.1) is 11.6 Å². The van der Waals surface area contributed by atoms with Crippen LogP contribution in [0.2, 0.25) is 0 Å². The van der Waals surface area contributed by atoms with E-state index in [0.29, 0.717) is 12.1 Å². The fourth-order valence-electron chi connectivity index (χ4n) is 1.65. The molecule has 0 aliphatic carbocycles. The number of halogens is 2. The molecule has 18 heavy (non-hydrogen) atoms. The Hall–Kier alpha value is -1.39. The average Bonchev–Trinajstić information content (AvgIpc) is 2.39. The van der Waals surface area contributed by atoms with Crippen molar-refractivity contribution in [2.24, 2.45) is 5.73 Å². The van der Waals surface area contributed by atoms with Crippen LogP contribution in [0.4, 0.5) is 8.78 Å². The molecule has 0 aliphatic rings. The maximum Gasteiger partial charge on any atom is 0.127 e. The zero-order valence-electron chi connectivity index (χ0n) is 9.64. The van der Waals surface area contributed by atoms with E-state index < -0.39 is 0 Å². The van der Waals surface area contributed by atoms with Gasteiger partial charge >= 0.3 is 0 Å². The molecule has 0 saturated carbocycles. The summed E-state index contributed by atoms with van der Waals surface area (Å²) in [6.07, 6.45) is 0. The van der Waals surface area contributed by atoms with E-state index in [-0.39, 0.29) is 16.9 Å². The van der Waals surface area contributed by atoms with Crippen LogP contribution in [0.15, 0.2) is 53.4 Å². The minimum Gasteiger partial charge on any atom is -0.329 e. The summed E-state index contributed by atoms with van der Waals surface area (Å²) in [5.74, 6) is -0.544. The van der Waals surface area contributed by atoms with Crippen LogP contribution >= 0.6 is 11.8 Å². The molecule has 2 rings (SSSR count). The van der Waals surface area contributed by atoms with E-state index in [1.54, 1.807) is 30.3 Å². The van der Waals surface area contributed by atoms with Crippen molar-refractivity contribution in [3.8, 4) is 0 Å². The molecular weight excluding hydrogens is 252 g/mol. The predicted octanol–water partition coefficient (Wildman–Crippen LogP) is 3.76. The molecule has 0 heterocycles. The van der Waals surface area contributed by atoms with Crippen LogP contribution in [0.1, 0.15) is 10.8 Å². The summed E-state index contributed by atoms with van der Waals surface area (Å²) in [4.78, 5) is 0.870. The monoisotopic (exact) mass is 265 g/mol. The number of benzene rings is 2. The standard InChI is InChI=1S/C14H13F2NS/c15-10-5-7-11(8-6-10)18-14(9-17)12-3-1-2-4-13(12)16/h1-8,14H,9,17H2. The highest BCUT2D eigenvalue weighted by Crippen LogP contribution is 2.35. The summed E-state index contributed by atoms with van der Waals surface area (Å²) in [5.41, 5.74) is 6.27. The summed E-state index contributed by atoms with van der Waals surface area (Å²) in [6, 6.07) is 12.7. The summed E-state index contributed by atoms with van der Waals surface area (Å²) in [5, 5.41) is -0.170. The number of thioether (sulfide) groups is 1. The lowest BCUT2D eigenvalue weighted by atomic mass is 10.1. The molecule has 4 heteroatoms. The number of rotatable bonds is 4. The lowest BCUT2D eigenvalue weighted by Crippen LogP contribution is -2.10. The van der Waals surface area contributed by atoms with Crippen molar-refractivity contribution in [1.29, 1.82) is 0 Å². The van der Waals surface area contributed by atoms with Gasteiger partial charge in [0.15, 0.2) is 0 Å². The molecule has 0 radical (unpaired) electrons. The normalized spacial score (nSPS) is 12.4. The fraction of sp³-hybridized carbons (Fsp3) is 0.143. The van der Waals surface area contributed by atoms with Crippen LogP contribution in [-0.2, 0) is 0 Å². The van der Waals surface area contributed by atoms with Crippen LogP contribution in [0.3, 0.4) is 0 Å². The summed E-state index contributed by atoms with van der Waals surface area (Å²) < 4.78 is 26.5. The molecule has 2 aromatic rings. The summed E-state index contributed by atoms with van der Waals surface area (Å²) >= 11 is 1.43. The minimum atomic E-state index is -0.283. The number of hydrogen-bond donors (Lipinski definition) is 1. The zero-order valence-corrected chi connectivity index (χ0v) is 10.5. The maximum absolute atomic E-state index is 13.7. The Morgan fingerprint density at radius 2 is 1.67 bits per heavy atom. The number of hydrogen-bond acceptors (Lipinski definition) is 2. The molecule has 1 atom stereocenters. The SMILES string of the molecule is NCC(Sc1ccc(F)cc1)c1ccccc1F. The third-order valence-electron chi connectivity index (χ3n) is 2.56. The second-order valence-electron chi connectivity index (χ2n) is 3.82. The van der Waals surface area contributed by atoms with Crippen molar-refractivity contribution < 1.29 is 8.78 Å². The van der Waals surface area contributed by atoms with E-state index in [9.17, 15) is 8.78 Å². The van der Waals surface area contributed by atoms with Gasteiger partial charge in [-0.15, -0.1) is 11.8 Å². The van der Waals surface area contributed by atoms with Crippen LogP contribution < -0.4 is 5.73 Å². The van der Waals surface area contributed by atoms with Gasteiger partial charge in [-0.3, -0.25) is 0 Å². The van der Waals surface area contributed by atoms with Crippen molar-refractivity contribution in [1.82, 2.24) is 0 Å². The lowest BCUT2D eigenvalue weighted by Gasteiger charge is -2.15. The topological polar surface area (TPSA) is 26.0 Å². The molecule has 1 nitrogen and oxygen atoms in total. The second kappa shape index (κ2) is 5.98. The third-order valence-corrected chi connectivity index (χ3v) is 3.83. The smallest absolute Gasteiger partial charge is 0.127 e. The highest BCUT2D eigenvalue weighted by Gasteiger charge is 2.15. The molecule has 0 bridgehead atoms.